The Bertz CT molecular complexity index is 605. The number of halogens is 2. The monoisotopic (exact) mass is 352 g/mol. The molecule has 1 aromatic carbocycles. The molecule has 2 rings (SSSR count). The van der Waals surface area contributed by atoms with E-state index >= 15 is 0 Å². The molecule has 0 bridgehead atoms. The first-order valence-electron chi connectivity index (χ1n) is 6.83. The molecule has 0 unspecified atom stereocenters. The molecule has 0 aliphatic rings. The lowest BCUT2D eigenvalue weighted by Crippen LogP contribution is -2.18. The summed E-state index contributed by atoms with van der Waals surface area (Å²) in [6, 6.07) is 8.40. The van der Waals surface area contributed by atoms with Crippen molar-refractivity contribution in [3.63, 3.8) is 0 Å². The van der Waals surface area contributed by atoms with Gasteiger partial charge in [0.05, 0.1) is 0 Å². The van der Waals surface area contributed by atoms with Gasteiger partial charge in [-0.05, 0) is 42.3 Å². The van der Waals surface area contributed by atoms with Gasteiger partial charge in [-0.1, -0.05) is 29.8 Å². The summed E-state index contributed by atoms with van der Waals surface area (Å²) in [5.41, 5.74) is 1.05. The number of hydrogen-bond donors (Lipinski definition) is 1. The van der Waals surface area contributed by atoms with Crippen LogP contribution in [0.3, 0.4) is 0 Å². The smallest absolute Gasteiger partial charge is 0.219 e. The lowest BCUT2D eigenvalue weighted by molar-refractivity contribution is 0.426. The minimum Gasteiger partial charge on any atom is -0.436 e. The quantitative estimate of drug-likeness (QED) is 0.829. The Hall–Kier alpha value is -1.46. The summed E-state index contributed by atoms with van der Waals surface area (Å²) in [5, 5.41) is 3.35. The van der Waals surface area contributed by atoms with E-state index in [0.717, 1.165) is 18.7 Å². The largest absolute Gasteiger partial charge is 0.436 e. The second-order valence-corrected chi connectivity index (χ2v) is 6.12. The Morgan fingerprint density at radius 3 is 2.81 bits per heavy atom. The van der Waals surface area contributed by atoms with E-state index in [2.05, 4.69) is 40.1 Å². The Labute approximate surface area is 132 Å². The van der Waals surface area contributed by atoms with Crippen LogP contribution in [0, 0.1) is 11.7 Å². The van der Waals surface area contributed by atoms with E-state index in [9.17, 15) is 4.39 Å². The zero-order chi connectivity index (χ0) is 15.2. The summed E-state index contributed by atoms with van der Waals surface area (Å²) < 4.78 is 19.9. The maximum atomic E-state index is 13.7. The fourth-order valence-corrected chi connectivity index (χ4v) is 2.13. The van der Waals surface area contributed by atoms with Gasteiger partial charge in [0.25, 0.3) is 0 Å². The molecule has 0 fully saturated rings. The maximum Gasteiger partial charge on any atom is 0.219 e. The van der Waals surface area contributed by atoms with Crippen LogP contribution in [0.4, 0.5) is 4.39 Å². The van der Waals surface area contributed by atoms with Gasteiger partial charge in [-0.2, -0.15) is 0 Å². The normalized spacial score (nSPS) is 10.9. The van der Waals surface area contributed by atoms with Crippen LogP contribution < -0.4 is 10.1 Å². The molecule has 2 aromatic rings. The highest BCUT2D eigenvalue weighted by Gasteiger charge is 2.07. The van der Waals surface area contributed by atoms with Crippen molar-refractivity contribution in [1.82, 2.24) is 10.3 Å². The third-order valence-electron chi connectivity index (χ3n) is 2.79. The van der Waals surface area contributed by atoms with Crippen LogP contribution in [0.1, 0.15) is 19.4 Å². The molecule has 0 radical (unpaired) electrons. The zero-order valence-electron chi connectivity index (χ0n) is 12.1. The van der Waals surface area contributed by atoms with Gasteiger partial charge in [0.15, 0.2) is 11.6 Å². The Kier molecular flexibility index (Phi) is 5.70. The number of hydrogen-bond acceptors (Lipinski definition) is 3. The second-order valence-electron chi connectivity index (χ2n) is 5.20. The number of nitrogens with zero attached hydrogens (tertiary/aromatic N) is 1. The van der Waals surface area contributed by atoms with E-state index in [0.29, 0.717) is 16.3 Å². The van der Waals surface area contributed by atoms with Gasteiger partial charge in [-0.3, -0.25) is 0 Å². The molecular formula is C16H18BrFN2O. The SMILES string of the molecule is CC(C)CNCc1ccnc(Oc2ccc(Br)cc2F)c1. The molecule has 0 aliphatic heterocycles. The molecule has 0 spiro atoms. The van der Waals surface area contributed by atoms with Crippen LogP contribution >= 0.6 is 15.9 Å². The van der Waals surface area contributed by atoms with Crippen molar-refractivity contribution in [1.29, 1.82) is 0 Å². The van der Waals surface area contributed by atoms with Crippen molar-refractivity contribution < 1.29 is 9.13 Å². The van der Waals surface area contributed by atoms with Crippen LogP contribution in [0.2, 0.25) is 0 Å². The Balaban J connectivity index is 2.03. The van der Waals surface area contributed by atoms with E-state index in [-0.39, 0.29) is 5.75 Å². The molecule has 5 heteroatoms. The first-order valence-corrected chi connectivity index (χ1v) is 7.62. The summed E-state index contributed by atoms with van der Waals surface area (Å²) in [6.07, 6.45) is 1.67. The summed E-state index contributed by atoms with van der Waals surface area (Å²) in [7, 11) is 0. The highest BCUT2D eigenvalue weighted by molar-refractivity contribution is 9.10. The molecule has 1 aromatic heterocycles. The van der Waals surface area contributed by atoms with E-state index in [1.165, 1.54) is 6.07 Å². The number of benzene rings is 1. The third kappa shape index (κ3) is 5.10. The van der Waals surface area contributed by atoms with Gasteiger partial charge >= 0.3 is 0 Å². The lowest BCUT2D eigenvalue weighted by Gasteiger charge is -2.09. The van der Waals surface area contributed by atoms with Gasteiger partial charge < -0.3 is 10.1 Å². The van der Waals surface area contributed by atoms with Crippen molar-refractivity contribution in [2.75, 3.05) is 6.54 Å². The molecule has 0 atom stereocenters. The minimum absolute atomic E-state index is 0.165. The summed E-state index contributed by atoms with van der Waals surface area (Å²) >= 11 is 3.21. The van der Waals surface area contributed by atoms with E-state index in [1.54, 1.807) is 18.3 Å². The molecule has 112 valence electrons. The Morgan fingerprint density at radius 1 is 1.29 bits per heavy atom. The van der Waals surface area contributed by atoms with Crippen molar-refractivity contribution in [2.45, 2.75) is 20.4 Å². The predicted octanol–water partition coefficient (Wildman–Crippen LogP) is 4.52. The summed E-state index contributed by atoms with van der Waals surface area (Å²) in [6.45, 7) is 5.99. The van der Waals surface area contributed by atoms with Crippen LogP contribution in [-0.2, 0) is 6.54 Å². The van der Waals surface area contributed by atoms with Gasteiger partial charge in [0.1, 0.15) is 0 Å². The van der Waals surface area contributed by atoms with Crippen molar-refractivity contribution in [3.05, 3.63) is 52.4 Å². The van der Waals surface area contributed by atoms with Crippen LogP contribution in [0.25, 0.3) is 0 Å². The second kappa shape index (κ2) is 7.52. The van der Waals surface area contributed by atoms with E-state index in [4.69, 9.17) is 4.74 Å². The van der Waals surface area contributed by atoms with Crippen molar-refractivity contribution in [3.8, 4) is 11.6 Å². The highest BCUT2D eigenvalue weighted by atomic mass is 79.9. The molecule has 1 heterocycles. The number of nitrogens with one attached hydrogen (secondary N) is 1. The summed E-state index contributed by atoms with van der Waals surface area (Å²) in [5.74, 6) is 0.729. The molecule has 0 amide bonds. The van der Waals surface area contributed by atoms with Gasteiger partial charge in [-0.15, -0.1) is 0 Å². The lowest BCUT2D eigenvalue weighted by atomic mass is 10.2. The first kappa shape index (κ1) is 15.9. The molecule has 1 N–H and O–H groups in total. The molecule has 21 heavy (non-hydrogen) atoms. The molecule has 3 nitrogen and oxygen atoms in total. The fraction of sp³-hybridized carbons (Fsp3) is 0.312. The number of pyridine rings is 1. The minimum atomic E-state index is -0.422. The number of rotatable bonds is 6. The summed E-state index contributed by atoms with van der Waals surface area (Å²) in [4.78, 5) is 4.11. The van der Waals surface area contributed by atoms with Crippen molar-refractivity contribution >= 4 is 15.9 Å². The fourth-order valence-electron chi connectivity index (χ4n) is 1.79. The average Bonchev–Trinajstić information content (AvgIpc) is 2.42. The standard InChI is InChI=1S/C16H18BrFN2O/c1-11(2)9-19-10-12-5-6-20-16(7-12)21-15-4-3-13(17)8-14(15)18/h3-8,11,19H,9-10H2,1-2H3. The predicted molar refractivity (Wildman–Crippen MR) is 85.0 cm³/mol. The molecular weight excluding hydrogens is 335 g/mol. The van der Waals surface area contributed by atoms with Crippen LogP contribution in [0.5, 0.6) is 11.6 Å². The zero-order valence-corrected chi connectivity index (χ0v) is 13.7. The maximum absolute atomic E-state index is 13.7. The number of aromatic nitrogens is 1. The molecule has 0 aliphatic carbocycles. The van der Waals surface area contributed by atoms with Crippen LogP contribution in [-0.4, -0.2) is 11.5 Å². The van der Waals surface area contributed by atoms with Gasteiger partial charge in [-0.25, -0.2) is 9.37 Å². The van der Waals surface area contributed by atoms with Gasteiger partial charge in [0.2, 0.25) is 5.88 Å². The van der Waals surface area contributed by atoms with Gasteiger partial charge in [0, 0.05) is 23.3 Å². The topological polar surface area (TPSA) is 34.2 Å². The third-order valence-corrected chi connectivity index (χ3v) is 3.28. The highest BCUT2D eigenvalue weighted by Crippen LogP contribution is 2.26. The Morgan fingerprint density at radius 2 is 2.10 bits per heavy atom. The van der Waals surface area contributed by atoms with Crippen LogP contribution in [0.15, 0.2) is 41.0 Å². The first-order chi connectivity index (χ1) is 10.0. The number of ether oxygens (including phenoxy) is 1. The average molecular weight is 353 g/mol. The van der Waals surface area contributed by atoms with E-state index < -0.39 is 5.82 Å². The molecule has 0 saturated heterocycles. The van der Waals surface area contributed by atoms with Crippen molar-refractivity contribution in [2.24, 2.45) is 5.92 Å². The molecule has 0 saturated carbocycles. The van der Waals surface area contributed by atoms with E-state index in [1.807, 2.05) is 12.1 Å².